The Bertz CT molecular complexity index is 681. The molecule has 0 aliphatic carbocycles. The highest BCUT2D eigenvalue weighted by Gasteiger charge is 2.05. The van der Waals surface area contributed by atoms with Crippen LogP contribution in [-0.4, -0.2) is 11.1 Å². The minimum atomic E-state index is -1.05. The predicted molar refractivity (Wildman–Crippen MR) is 73.8 cm³/mol. The van der Waals surface area contributed by atoms with Gasteiger partial charge in [0.2, 0.25) is 0 Å². The van der Waals surface area contributed by atoms with Crippen LogP contribution in [0.1, 0.15) is 11.1 Å². The fourth-order valence-electron chi connectivity index (χ4n) is 1.72. The van der Waals surface area contributed by atoms with Gasteiger partial charge in [0.1, 0.15) is 12.4 Å². The third-order valence-electron chi connectivity index (χ3n) is 2.75. The summed E-state index contributed by atoms with van der Waals surface area (Å²) in [5, 5.41) is 8.63. The van der Waals surface area contributed by atoms with Crippen LogP contribution < -0.4 is 4.74 Å². The molecule has 0 spiro atoms. The molecule has 0 aromatic heterocycles. The summed E-state index contributed by atoms with van der Waals surface area (Å²) in [6.07, 6.45) is 2.47. The molecule has 0 radical (unpaired) electrons. The Balaban J connectivity index is 2.12. The van der Waals surface area contributed by atoms with Crippen LogP contribution in [0.2, 0.25) is 0 Å². The van der Waals surface area contributed by atoms with Crippen molar-refractivity contribution < 1.29 is 23.4 Å². The Morgan fingerprint density at radius 1 is 1.14 bits per heavy atom. The van der Waals surface area contributed by atoms with E-state index in [9.17, 15) is 13.6 Å². The van der Waals surface area contributed by atoms with E-state index in [1.54, 1.807) is 24.3 Å². The quantitative estimate of drug-likeness (QED) is 0.855. The van der Waals surface area contributed by atoms with Crippen molar-refractivity contribution in [2.45, 2.75) is 6.61 Å². The molecule has 108 valence electrons. The van der Waals surface area contributed by atoms with Crippen LogP contribution in [0.15, 0.2) is 48.5 Å². The average Bonchev–Trinajstić information content (AvgIpc) is 2.47. The second-order valence-electron chi connectivity index (χ2n) is 4.23. The maximum Gasteiger partial charge on any atom is 0.328 e. The minimum absolute atomic E-state index is 0.116. The summed E-state index contributed by atoms with van der Waals surface area (Å²) in [4.78, 5) is 10.5. The number of carboxylic acid groups (broad SMARTS) is 1. The van der Waals surface area contributed by atoms with Crippen LogP contribution in [-0.2, 0) is 11.4 Å². The van der Waals surface area contributed by atoms with Crippen LogP contribution in [0.25, 0.3) is 6.08 Å². The lowest BCUT2D eigenvalue weighted by atomic mass is 10.1. The van der Waals surface area contributed by atoms with E-state index >= 15 is 0 Å². The summed E-state index contributed by atoms with van der Waals surface area (Å²) < 4.78 is 31.3. The molecule has 0 bridgehead atoms. The molecule has 1 N–H and O–H groups in total. The van der Waals surface area contributed by atoms with Gasteiger partial charge in [-0.2, -0.15) is 0 Å². The lowest BCUT2D eigenvalue weighted by Crippen LogP contribution is -1.99. The predicted octanol–water partition coefficient (Wildman–Crippen LogP) is 3.64. The molecule has 0 fully saturated rings. The highest BCUT2D eigenvalue weighted by Crippen LogP contribution is 2.18. The maximum atomic E-state index is 13.1. The first-order chi connectivity index (χ1) is 10.1. The van der Waals surface area contributed by atoms with Gasteiger partial charge in [-0.1, -0.05) is 24.3 Å². The van der Waals surface area contributed by atoms with Crippen LogP contribution >= 0.6 is 0 Å². The molecule has 3 nitrogen and oxygen atoms in total. The van der Waals surface area contributed by atoms with Crippen molar-refractivity contribution in [2.24, 2.45) is 0 Å². The second-order valence-corrected chi connectivity index (χ2v) is 4.23. The van der Waals surface area contributed by atoms with Crippen molar-refractivity contribution in [3.05, 3.63) is 71.3 Å². The Hall–Kier alpha value is -2.69. The zero-order valence-corrected chi connectivity index (χ0v) is 10.9. The molecule has 5 heteroatoms. The number of carbonyl (C=O) groups is 1. The summed E-state index contributed by atoms with van der Waals surface area (Å²) in [6, 6.07) is 10.3. The Morgan fingerprint density at radius 3 is 2.62 bits per heavy atom. The van der Waals surface area contributed by atoms with E-state index in [1.807, 2.05) is 0 Å². The molecule has 0 atom stereocenters. The number of carboxylic acids is 1. The highest BCUT2D eigenvalue weighted by molar-refractivity contribution is 5.85. The van der Waals surface area contributed by atoms with Gasteiger partial charge in [-0.15, -0.1) is 0 Å². The molecular weight excluding hydrogens is 278 g/mol. The molecular formula is C16H12F2O3. The van der Waals surface area contributed by atoms with Crippen LogP contribution in [0.5, 0.6) is 5.75 Å². The Morgan fingerprint density at radius 2 is 1.90 bits per heavy atom. The van der Waals surface area contributed by atoms with Crippen LogP contribution in [0.3, 0.4) is 0 Å². The van der Waals surface area contributed by atoms with Gasteiger partial charge in [-0.05, 0) is 29.3 Å². The van der Waals surface area contributed by atoms with Gasteiger partial charge >= 0.3 is 5.97 Å². The number of hydrogen-bond donors (Lipinski definition) is 1. The zero-order valence-electron chi connectivity index (χ0n) is 10.9. The van der Waals surface area contributed by atoms with Gasteiger partial charge in [-0.25, -0.2) is 13.6 Å². The molecule has 0 heterocycles. The van der Waals surface area contributed by atoms with E-state index in [1.165, 1.54) is 12.1 Å². The fraction of sp³-hybridized carbons (Fsp3) is 0.0625. The highest BCUT2D eigenvalue weighted by atomic mass is 19.2. The number of rotatable bonds is 5. The largest absolute Gasteiger partial charge is 0.489 e. The summed E-state index contributed by atoms with van der Waals surface area (Å²) in [6.45, 7) is 0.116. The number of aliphatic carboxylic acids is 1. The van der Waals surface area contributed by atoms with E-state index in [0.717, 1.165) is 23.8 Å². The van der Waals surface area contributed by atoms with Crippen molar-refractivity contribution >= 4 is 12.0 Å². The SMILES string of the molecule is O=C(O)C=Cc1ccccc1COc1ccc(F)c(F)c1. The van der Waals surface area contributed by atoms with Gasteiger partial charge in [-0.3, -0.25) is 0 Å². The molecule has 2 aromatic carbocycles. The zero-order chi connectivity index (χ0) is 15.2. The Kier molecular flexibility index (Phi) is 4.66. The number of halogens is 2. The van der Waals surface area contributed by atoms with Gasteiger partial charge in [0.05, 0.1) is 0 Å². The monoisotopic (exact) mass is 290 g/mol. The maximum absolute atomic E-state index is 13.1. The number of ether oxygens (including phenoxy) is 1. The van der Waals surface area contributed by atoms with Gasteiger partial charge in [0.25, 0.3) is 0 Å². The molecule has 0 saturated heterocycles. The van der Waals surface area contributed by atoms with Crippen molar-refractivity contribution in [1.82, 2.24) is 0 Å². The molecule has 0 amide bonds. The molecule has 0 aliphatic heterocycles. The van der Waals surface area contributed by atoms with E-state index < -0.39 is 17.6 Å². The molecule has 0 aliphatic rings. The van der Waals surface area contributed by atoms with E-state index in [-0.39, 0.29) is 12.4 Å². The lowest BCUT2D eigenvalue weighted by Gasteiger charge is -2.09. The summed E-state index contributed by atoms with van der Waals surface area (Å²) >= 11 is 0. The normalized spacial score (nSPS) is 10.8. The number of benzene rings is 2. The summed E-state index contributed by atoms with van der Waals surface area (Å²) in [5.74, 6) is -2.77. The topological polar surface area (TPSA) is 46.5 Å². The summed E-state index contributed by atoms with van der Waals surface area (Å²) in [5.41, 5.74) is 1.42. The minimum Gasteiger partial charge on any atom is -0.489 e. The smallest absolute Gasteiger partial charge is 0.328 e. The fourth-order valence-corrected chi connectivity index (χ4v) is 1.72. The third kappa shape index (κ3) is 4.14. The number of hydrogen-bond acceptors (Lipinski definition) is 2. The van der Waals surface area contributed by atoms with Gasteiger partial charge in [0, 0.05) is 12.1 Å². The van der Waals surface area contributed by atoms with Crippen LogP contribution in [0, 0.1) is 11.6 Å². The van der Waals surface area contributed by atoms with Gasteiger partial charge < -0.3 is 9.84 Å². The Labute approximate surface area is 120 Å². The van der Waals surface area contributed by atoms with Gasteiger partial charge in [0.15, 0.2) is 11.6 Å². The van der Waals surface area contributed by atoms with E-state index in [2.05, 4.69) is 0 Å². The standard InChI is InChI=1S/C16H12F2O3/c17-14-7-6-13(9-15(14)18)21-10-12-4-2-1-3-11(12)5-8-16(19)20/h1-9H,10H2,(H,19,20). The van der Waals surface area contributed by atoms with E-state index in [0.29, 0.717) is 5.56 Å². The first-order valence-corrected chi connectivity index (χ1v) is 6.13. The van der Waals surface area contributed by atoms with Crippen molar-refractivity contribution in [3.63, 3.8) is 0 Å². The van der Waals surface area contributed by atoms with Crippen LogP contribution in [0.4, 0.5) is 8.78 Å². The molecule has 0 unspecified atom stereocenters. The molecule has 2 rings (SSSR count). The molecule has 2 aromatic rings. The first kappa shape index (κ1) is 14.7. The molecule has 0 saturated carbocycles. The lowest BCUT2D eigenvalue weighted by molar-refractivity contribution is -0.131. The second kappa shape index (κ2) is 6.65. The summed E-state index contributed by atoms with van der Waals surface area (Å²) in [7, 11) is 0. The van der Waals surface area contributed by atoms with E-state index in [4.69, 9.17) is 9.84 Å². The first-order valence-electron chi connectivity index (χ1n) is 6.13. The van der Waals surface area contributed by atoms with Crippen molar-refractivity contribution in [1.29, 1.82) is 0 Å². The third-order valence-corrected chi connectivity index (χ3v) is 2.75. The van der Waals surface area contributed by atoms with Crippen molar-refractivity contribution in [3.8, 4) is 5.75 Å². The molecule has 21 heavy (non-hydrogen) atoms. The van der Waals surface area contributed by atoms with Crippen molar-refractivity contribution in [2.75, 3.05) is 0 Å². The average molecular weight is 290 g/mol.